The number of carbonyl (C=O) groups is 1. The monoisotopic (exact) mass is 417 g/mol. The van der Waals surface area contributed by atoms with Crippen LogP contribution >= 0.6 is 0 Å². The fourth-order valence-electron chi connectivity index (χ4n) is 3.29. The summed E-state index contributed by atoms with van der Waals surface area (Å²) in [7, 11) is 0. The number of imidazole rings is 1. The first-order chi connectivity index (χ1) is 14.3. The van der Waals surface area contributed by atoms with E-state index < -0.39 is 36.3 Å². The highest BCUT2D eigenvalue weighted by Gasteiger charge is 2.57. The van der Waals surface area contributed by atoms with Crippen LogP contribution in [0.5, 0.6) is 0 Å². The summed E-state index contributed by atoms with van der Waals surface area (Å²) < 4.78 is 5.95. The lowest BCUT2D eigenvalue weighted by molar-refractivity contribution is -0.383. The summed E-state index contributed by atoms with van der Waals surface area (Å²) in [5.74, 6) is -4.07. The Morgan fingerprint density at radius 1 is 1.13 bits per heavy atom. The van der Waals surface area contributed by atoms with Crippen molar-refractivity contribution >= 4 is 11.8 Å². The second-order valence-electron chi connectivity index (χ2n) is 6.81. The van der Waals surface area contributed by atoms with E-state index in [1.165, 1.54) is 6.33 Å². The molecule has 1 aromatic carbocycles. The van der Waals surface area contributed by atoms with Crippen molar-refractivity contribution in [2.24, 2.45) is 0 Å². The van der Waals surface area contributed by atoms with E-state index in [-0.39, 0.29) is 11.5 Å². The van der Waals surface area contributed by atoms with Crippen LogP contribution in [0.3, 0.4) is 0 Å². The number of aromatic nitrogens is 4. The van der Waals surface area contributed by atoms with Crippen LogP contribution in [0.4, 0.5) is 5.82 Å². The first kappa shape index (κ1) is 20.1. The van der Waals surface area contributed by atoms with Gasteiger partial charge in [-0.3, -0.25) is 4.57 Å². The molecule has 1 fully saturated rings. The number of aliphatic hydroxyl groups excluding tert-OH is 3. The largest absolute Gasteiger partial charge is 0.479 e. The number of fused-ring (bicyclic) bond motifs is 1. The SMILES string of the molecule is O=C(O)[C@H]1OC(O)(n2cnc(NCc3ccccc3)c3ncnc2-3)[C@H](O)[C@@H](O)[C@@H]1O. The van der Waals surface area contributed by atoms with E-state index in [1.807, 2.05) is 30.3 Å². The van der Waals surface area contributed by atoms with Crippen LogP contribution in [-0.4, -0.2) is 75.4 Å². The van der Waals surface area contributed by atoms with Crippen molar-refractivity contribution in [3.63, 3.8) is 0 Å². The van der Waals surface area contributed by atoms with Crippen LogP contribution in [-0.2, 0) is 22.0 Å². The molecule has 3 aliphatic rings. The van der Waals surface area contributed by atoms with E-state index >= 15 is 0 Å². The van der Waals surface area contributed by atoms with Gasteiger partial charge in [0.25, 0.3) is 5.91 Å². The number of anilines is 1. The Morgan fingerprint density at radius 2 is 1.87 bits per heavy atom. The molecule has 3 aliphatic heterocycles. The Labute approximate surface area is 169 Å². The van der Waals surface area contributed by atoms with E-state index in [9.17, 15) is 30.3 Å². The van der Waals surface area contributed by atoms with Crippen LogP contribution in [0.1, 0.15) is 5.56 Å². The number of carboxylic acid groups (broad SMARTS) is 1. The predicted molar refractivity (Wildman–Crippen MR) is 98.9 cm³/mol. The summed E-state index contributed by atoms with van der Waals surface area (Å²) >= 11 is 0. The normalized spacial score (nSPS) is 29.1. The fraction of sp³-hybridized carbons (Fsp3) is 0.333. The predicted octanol–water partition coefficient (Wildman–Crippen LogP) is -1.44. The summed E-state index contributed by atoms with van der Waals surface area (Å²) in [6.45, 7) is 0.426. The molecule has 12 heteroatoms. The molecule has 1 aromatic rings. The maximum absolute atomic E-state index is 11.4. The van der Waals surface area contributed by atoms with Gasteiger partial charge in [-0.25, -0.2) is 19.7 Å². The molecular formula is C18H19N5O7. The van der Waals surface area contributed by atoms with Crippen molar-refractivity contribution in [2.45, 2.75) is 36.9 Å². The first-order valence-corrected chi connectivity index (χ1v) is 8.96. The number of aliphatic carboxylic acids is 1. The van der Waals surface area contributed by atoms with E-state index in [0.717, 1.165) is 16.5 Å². The molecule has 12 nitrogen and oxygen atoms in total. The molecule has 0 bridgehead atoms. The summed E-state index contributed by atoms with van der Waals surface area (Å²) in [6, 6.07) is 9.49. The molecule has 0 spiro atoms. The van der Waals surface area contributed by atoms with Gasteiger partial charge in [0.05, 0.1) is 0 Å². The highest BCUT2D eigenvalue weighted by atomic mass is 16.7. The van der Waals surface area contributed by atoms with E-state index in [0.29, 0.717) is 12.4 Å². The average molecular weight is 417 g/mol. The second-order valence-corrected chi connectivity index (χ2v) is 6.81. The van der Waals surface area contributed by atoms with Crippen molar-refractivity contribution in [3.05, 3.63) is 48.5 Å². The van der Waals surface area contributed by atoms with Crippen LogP contribution in [0.2, 0.25) is 0 Å². The summed E-state index contributed by atoms with van der Waals surface area (Å²) in [6.07, 6.45) is -5.82. The van der Waals surface area contributed by atoms with Crippen LogP contribution < -0.4 is 5.32 Å². The van der Waals surface area contributed by atoms with Crippen molar-refractivity contribution in [1.29, 1.82) is 0 Å². The number of hydrogen-bond donors (Lipinski definition) is 6. The molecule has 158 valence electrons. The van der Waals surface area contributed by atoms with Crippen LogP contribution in [0.25, 0.3) is 11.5 Å². The molecule has 0 amide bonds. The van der Waals surface area contributed by atoms with Gasteiger partial charge in [-0.1, -0.05) is 30.3 Å². The van der Waals surface area contributed by atoms with E-state index in [4.69, 9.17) is 4.74 Å². The summed E-state index contributed by atoms with van der Waals surface area (Å²) in [5.41, 5.74) is 1.19. The highest BCUT2D eigenvalue weighted by Crippen LogP contribution is 2.36. The number of aliphatic hydroxyl groups is 4. The number of nitrogens with one attached hydrogen (secondary N) is 1. The average Bonchev–Trinajstić information content (AvgIpc) is 3.24. The molecule has 3 heterocycles. The van der Waals surface area contributed by atoms with Gasteiger partial charge in [0.1, 0.15) is 24.9 Å². The number of rotatable bonds is 5. The quantitative estimate of drug-likeness (QED) is 0.286. The van der Waals surface area contributed by atoms with Crippen LogP contribution in [0, 0.1) is 0 Å². The number of carboxylic acids is 1. The smallest absolute Gasteiger partial charge is 0.335 e. The zero-order valence-corrected chi connectivity index (χ0v) is 15.4. The fourth-order valence-corrected chi connectivity index (χ4v) is 3.29. The zero-order chi connectivity index (χ0) is 21.5. The van der Waals surface area contributed by atoms with Crippen LogP contribution in [0.15, 0.2) is 43.0 Å². The third-order valence-electron chi connectivity index (χ3n) is 4.89. The standard InChI is InChI=1S/C18H19N5O7/c24-11-12(25)14(26)18(29,30-13(11)17(27)28)23-8-22-15(10-16(23)21-7-20-10)19-6-9-4-2-1-3-5-9/h1-5,7-8,11-14,19,24-26,29H,6H2,(H,27,28)/t11-,12-,13-,14+,18?/m0/s1. The van der Waals surface area contributed by atoms with Crippen molar-refractivity contribution in [1.82, 2.24) is 19.5 Å². The Kier molecular flexibility index (Phi) is 5.09. The molecule has 0 saturated carbocycles. The minimum Gasteiger partial charge on any atom is -0.479 e. The Bertz CT molecular complexity index is 1020. The van der Waals surface area contributed by atoms with Gasteiger partial charge in [-0.05, 0) is 5.56 Å². The van der Waals surface area contributed by atoms with Gasteiger partial charge in [0, 0.05) is 6.54 Å². The van der Waals surface area contributed by atoms with Gasteiger partial charge in [-0.2, -0.15) is 0 Å². The van der Waals surface area contributed by atoms with Crippen molar-refractivity contribution in [3.8, 4) is 11.5 Å². The molecule has 0 radical (unpaired) electrons. The van der Waals surface area contributed by atoms with Gasteiger partial charge >= 0.3 is 5.97 Å². The van der Waals surface area contributed by atoms with Gasteiger partial charge in [0.2, 0.25) is 0 Å². The second kappa shape index (κ2) is 7.59. The lowest BCUT2D eigenvalue weighted by Gasteiger charge is -2.45. The Morgan fingerprint density at radius 3 is 2.57 bits per heavy atom. The molecule has 0 aliphatic carbocycles. The summed E-state index contributed by atoms with van der Waals surface area (Å²) in [5, 5.41) is 53.6. The number of ether oxygens (including phenoxy) is 1. The van der Waals surface area contributed by atoms with Gasteiger partial charge < -0.3 is 35.6 Å². The highest BCUT2D eigenvalue weighted by molar-refractivity contribution is 5.73. The first-order valence-electron chi connectivity index (χ1n) is 8.96. The zero-order valence-electron chi connectivity index (χ0n) is 15.4. The topological polar surface area (TPSA) is 183 Å². The van der Waals surface area contributed by atoms with E-state index in [1.54, 1.807) is 0 Å². The number of hydrogen-bond acceptors (Lipinski definition) is 10. The summed E-state index contributed by atoms with van der Waals surface area (Å²) in [4.78, 5) is 23.7. The molecule has 6 N–H and O–H groups in total. The lowest BCUT2D eigenvalue weighted by atomic mass is 9.96. The molecule has 5 atom stereocenters. The molecule has 0 aromatic heterocycles. The van der Waals surface area contributed by atoms with Crippen molar-refractivity contribution in [2.75, 3.05) is 5.32 Å². The molecule has 30 heavy (non-hydrogen) atoms. The maximum Gasteiger partial charge on any atom is 0.335 e. The Hall–Kier alpha value is -3.16. The minimum absolute atomic E-state index is 0.00911. The molecule has 1 unspecified atom stereocenters. The third kappa shape index (κ3) is 3.26. The third-order valence-corrected chi connectivity index (χ3v) is 4.89. The number of benzene rings is 1. The van der Waals surface area contributed by atoms with Crippen molar-refractivity contribution < 1.29 is 35.1 Å². The maximum atomic E-state index is 11.4. The molecular weight excluding hydrogens is 398 g/mol. The minimum atomic E-state index is -2.77. The van der Waals surface area contributed by atoms with Gasteiger partial charge in [-0.15, -0.1) is 0 Å². The lowest BCUT2D eigenvalue weighted by Crippen LogP contribution is -2.66. The molecule has 4 rings (SSSR count). The Balaban J connectivity index is 1.69. The molecule has 1 saturated heterocycles. The number of nitrogens with zero attached hydrogens (tertiary/aromatic N) is 4. The van der Waals surface area contributed by atoms with Gasteiger partial charge in [0.15, 0.2) is 29.5 Å². The van der Waals surface area contributed by atoms with E-state index in [2.05, 4.69) is 20.3 Å².